The van der Waals surface area contributed by atoms with Gasteiger partial charge in [0.25, 0.3) is 0 Å². The molecule has 0 aliphatic heterocycles. The van der Waals surface area contributed by atoms with Crippen LogP contribution in [0.15, 0.2) is 24.4 Å². The Hall–Kier alpha value is -2.70. The largest absolute Gasteiger partial charge is 0.309 e. The maximum atomic E-state index is 12.1. The number of hydrogen-bond donors (Lipinski definition) is 1. The van der Waals surface area contributed by atoms with Gasteiger partial charge in [0.05, 0.1) is 11.9 Å². The molecular weight excluding hydrogens is 268 g/mol. The number of hydrogen-bond acceptors (Lipinski definition) is 4. The van der Waals surface area contributed by atoms with Crippen LogP contribution in [0.2, 0.25) is 0 Å². The van der Waals surface area contributed by atoms with Crippen molar-refractivity contribution in [2.45, 2.75) is 20.4 Å². The van der Waals surface area contributed by atoms with Gasteiger partial charge in [0.2, 0.25) is 5.91 Å². The Bertz CT molecular complexity index is 816. The highest BCUT2D eigenvalue weighted by molar-refractivity contribution is 5.90. The molecule has 0 saturated carbocycles. The molecule has 1 N–H and O–H groups in total. The maximum absolute atomic E-state index is 12.1. The first-order chi connectivity index (χ1) is 10.0. The van der Waals surface area contributed by atoms with Gasteiger partial charge in [-0.1, -0.05) is 6.07 Å². The minimum absolute atomic E-state index is 0.131. The maximum Gasteiger partial charge on any atom is 0.247 e. The van der Waals surface area contributed by atoms with Gasteiger partial charge in [-0.25, -0.2) is 4.98 Å². The molecule has 7 heteroatoms. The number of pyridine rings is 1. The smallest absolute Gasteiger partial charge is 0.247 e. The van der Waals surface area contributed by atoms with Crippen LogP contribution in [0.1, 0.15) is 11.4 Å². The molecular formula is C14H16N6O. The van der Waals surface area contributed by atoms with Crippen LogP contribution in [0.25, 0.3) is 11.0 Å². The Morgan fingerprint density at radius 1 is 1.33 bits per heavy atom. The van der Waals surface area contributed by atoms with Crippen LogP contribution in [-0.4, -0.2) is 30.5 Å². The first kappa shape index (κ1) is 13.3. The highest BCUT2D eigenvalue weighted by Gasteiger charge is 2.14. The fraction of sp³-hybridized carbons (Fsp3) is 0.286. The molecule has 0 fully saturated rings. The number of aromatic nitrogens is 5. The molecule has 0 unspecified atom stereocenters. The monoisotopic (exact) mass is 284 g/mol. The van der Waals surface area contributed by atoms with E-state index < -0.39 is 0 Å². The van der Waals surface area contributed by atoms with E-state index in [1.807, 2.05) is 33.0 Å². The van der Waals surface area contributed by atoms with E-state index in [1.54, 1.807) is 21.6 Å². The topological polar surface area (TPSA) is 77.6 Å². The summed E-state index contributed by atoms with van der Waals surface area (Å²) in [7, 11) is 1.86. The molecule has 3 rings (SSSR count). The molecule has 0 saturated heterocycles. The third-order valence-electron chi connectivity index (χ3n) is 3.26. The summed E-state index contributed by atoms with van der Waals surface area (Å²) < 4.78 is 3.41. The zero-order chi connectivity index (χ0) is 15.0. The van der Waals surface area contributed by atoms with E-state index in [9.17, 15) is 4.79 Å². The van der Waals surface area contributed by atoms with Crippen LogP contribution < -0.4 is 5.32 Å². The number of nitrogens with one attached hydrogen (secondary N) is 1. The molecule has 0 atom stereocenters. The number of rotatable bonds is 3. The fourth-order valence-electron chi connectivity index (χ4n) is 2.36. The summed E-state index contributed by atoms with van der Waals surface area (Å²) in [6.07, 6.45) is 1.72. The van der Waals surface area contributed by atoms with Crippen molar-refractivity contribution in [1.82, 2.24) is 24.5 Å². The summed E-state index contributed by atoms with van der Waals surface area (Å²) in [4.78, 5) is 16.4. The van der Waals surface area contributed by atoms with Crippen molar-refractivity contribution >= 4 is 22.8 Å². The molecule has 0 aromatic carbocycles. The van der Waals surface area contributed by atoms with E-state index in [4.69, 9.17) is 0 Å². The van der Waals surface area contributed by atoms with Crippen molar-refractivity contribution in [1.29, 1.82) is 0 Å². The number of fused-ring (bicyclic) bond motifs is 1. The van der Waals surface area contributed by atoms with Crippen LogP contribution in [0.4, 0.5) is 5.82 Å². The van der Waals surface area contributed by atoms with E-state index in [1.165, 1.54) is 0 Å². The predicted octanol–water partition coefficient (Wildman–Crippen LogP) is 1.42. The molecule has 0 radical (unpaired) electrons. The zero-order valence-electron chi connectivity index (χ0n) is 12.2. The van der Waals surface area contributed by atoms with Gasteiger partial charge in [0.15, 0.2) is 0 Å². The first-order valence-electron chi connectivity index (χ1n) is 6.63. The van der Waals surface area contributed by atoms with Crippen LogP contribution in [-0.2, 0) is 18.4 Å². The zero-order valence-corrected chi connectivity index (χ0v) is 12.2. The highest BCUT2D eigenvalue weighted by Crippen LogP contribution is 2.16. The van der Waals surface area contributed by atoms with Crippen molar-refractivity contribution in [3.63, 3.8) is 0 Å². The third-order valence-corrected chi connectivity index (χ3v) is 3.26. The number of carbonyl (C=O) groups excluding carboxylic acids is 1. The molecule has 3 aromatic heterocycles. The number of amides is 1. The van der Waals surface area contributed by atoms with Gasteiger partial charge in [-0.05, 0) is 26.0 Å². The molecule has 0 bridgehead atoms. The van der Waals surface area contributed by atoms with Crippen molar-refractivity contribution in [3.8, 4) is 0 Å². The van der Waals surface area contributed by atoms with E-state index >= 15 is 0 Å². The van der Waals surface area contributed by atoms with Gasteiger partial charge in [0.1, 0.15) is 23.4 Å². The summed E-state index contributed by atoms with van der Waals surface area (Å²) in [6.45, 7) is 3.91. The van der Waals surface area contributed by atoms with Crippen molar-refractivity contribution in [3.05, 3.63) is 35.8 Å². The average Bonchev–Trinajstić information content (AvgIpc) is 2.93. The minimum Gasteiger partial charge on any atom is -0.309 e. The molecule has 1 amide bonds. The molecule has 108 valence electrons. The van der Waals surface area contributed by atoms with Gasteiger partial charge in [0, 0.05) is 12.7 Å². The molecule has 7 nitrogen and oxygen atoms in total. The molecule has 3 heterocycles. The van der Waals surface area contributed by atoms with E-state index in [2.05, 4.69) is 20.5 Å². The summed E-state index contributed by atoms with van der Waals surface area (Å²) in [5.41, 5.74) is 3.50. The lowest BCUT2D eigenvalue weighted by Gasteiger charge is -2.05. The average molecular weight is 284 g/mol. The highest BCUT2D eigenvalue weighted by atomic mass is 16.2. The van der Waals surface area contributed by atoms with Gasteiger partial charge < -0.3 is 5.32 Å². The van der Waals surface area contributed by atoms with E-state index in [0.29, 0.717) is 5.82 Å². The molecule has 0 aliphatic rings. The lowest BCUT2D eigenvalue weighted by Crippen LogP contribution is -2.20. The number of anilines is 1. The van der Waals surface area contributed by atoms with Crippen molar-refractivity contribution in [2.24, 2.45) is 7.05 Å². The summed E-state index contributed by atoms with van der Waals surface area (Å²) in [6, 6.07) is 5.50. The number of carbonyl (C=O) groups is 1. The van der Waals surface area contributed by atoms with Crippen molar-refractivity contribution < 1.29 is 4.79 Å². The number of aryl methyl sites for hydroxylation is 3. The van der Waals surface area contributed by atoms with Gasteiger partial charge in [-0.15, -0.1) is 0 Å². The summed E-state index contributed by atoms with van der Waals surface area (Å²) in [5, 5.41) is 11.4. The SMILES string of the molecule is Cc1cccc(NC(=O)Cn2ncc3c2c(C)nn3C)n1. The van der Waals surface area contributed by atoms with Crippen LogP contribution >= 0.6 is 0 Å². The Morgan fingerprint density at radius 2 is 2.14 bits per heavy atom. The van der Waals surface area contributed by atoms with Gasteiger partial charge in [-0.3, -0.25) is 14.2 Å². The quantitative estimate of drug-likeness (QED) is 0.789. The van der Waals surface area contributed by atoms with E-state index in [0.717, 1.165) is 22.4 Å². The summed E-state index contributed by atoms with van der Waals surface area (Å²) in [5.74, 6) is 0.382. The molecule has 0 spiro atoms. The Kier molecular flexibility index (Phi) is 3.17. The molecule has 0 aliphatic carbocycles. The normalized spacial score (nSPS) is 11.0. The lowest BCUT2D eigenvalue weighted by atomic mass is 10.3. The second-order valence-corrected chi connectivity index (χ2v) is 4.96. The van der Waals surface area contributed by atoms with Gasteiger partial charge in [-0.2, -0.15) is 10.2 Å². The van der Waals surface area contributed by atoms with Crippen LogP contribution in [0.3, 0.4) is 0 Å². The Labute approximate surface area is 121 Å². The Balaban J connectivity index is 1.80. The molecule has 3 aromatic rings. The van der Waals surface area contributed by atoms with Gasteiger partial charge >= 0.3 is 0 Å². The summed E-state index contributed by atoms with van der Waals surface area (Å²) >= 11 is 0. The molecule has 21 heavy (non-hydrogen) atoms. The van der Waals surface area contributed by atoms with E-state index in [-0.39, 0.29) is 12.5 Å². The second kappa shape index (κ2) is 5.01. The third kappa shape index (κ3) is 2.49. The lowest BCUT2D eigenvalue weighted by molar-refractivity contribution is -0.116. The standard InChI is InChI=1S/C14H16N6O/c1-9-5-4-6-12(16-9)17-13(21)8-20-14-10(2)18-19(3)11(14)7-15-20/h4-7H,8H2,1-3H3,(H,16,17,21). The fourth-order valence-corrected chi connectivity index (χ4v) is 2.36. The Morgan fingerprint density at radius 3 is 2.90 bits per heavy atom. The van der Waals surface area contributed by atoms with Crippen LogP contribution in [0, 0.1) is 13.8 Å². The van der Waals surface area contributed by atoms with Crippen molar-refractivity contribution in [2.75, 3.05) is 5.32 Å². The minimum atomic E-state index is -0.165. The number of nitrogens with zero attached hydrogens (tertiary/aromatic N) is 5. The van der Waals surface area contributed by atoms with Crippen LogP contribution in [0.5, 0.6) is 0 Å². The second-order valence-electron chi connectivity index (χ2n) is 4.96. The first-order valence-corrected chi connectivity index (χ1v) is 6.63. The predicted molar refractivity (Wildman–Crippen MR) is 78.8 cm³/mol.